The van der Waals surface area contributed by atoms with E-state index >= 15 is 0 Å². The van der Waals surface area contributed by atoms with Crippen LogP contribution in [0.15, 0.2) is 0 Å². The normalized spacial score (nSPS) is 12.8. The number of benzene rings is 1. The van der Waals surface area contributed by atoms with Crippen LogP contribution in [0.5, 0.6) is 0 Å². The van der Waals surface area contributed by atoms with E-state index in [2.05, 4.69) is 5.32 Å². The molecule has 0 aliphatic carbocycles. The molecule has 0 saturated heterocycles. The molecular weight excluding hydrogens is 281 g/mol. The molecule has 0 saturated carbocycles. The van der Waals surface area contributed by atoms with E-state index in [9.17, 15) is 27.1 Å². The summed E-state index contributed by atoms with van der Waals surface area (Å²) < 4.78 is 65.4. The fourth-order valence-corrected chi connectivity index (χ4v) is 1.97. The molecule has 0 aliphatic heterocycles. The summed E-state index contributed by atoms with van der Waals surface area (Å²) in [4.78, 5) is 0. The Labute approximate surface area is 113 Å². The molecule has 0 fully saturated rings. The first kappa shape index (κ1) is 16.7. The third kappa shape index (κ3) is 3.20. The summed E-state index contributed by atoms with van der Waals surface area (Å²) in [5.74, 6) is -10.2. The highest BCUT2D eigenvalue weighted by Crippen LogP contribution is 2.27. The number of hydrogen-bond donors (Lipinski definition) is 2. The molecule has 1 atom stereocenters. The number of aliphatic hydroxyl groups is 1. The van der Waals surface area contributed by atoms with Crippen LogP contribution in [-0.2, 0) is 0 Å². The van der Waals surface area contributed by atoms with E-state index in [0.29, 0.717) is 12.8 Å². The van der Waals surface area contributed by atoms with E-state index < -0.39 is 40.9 Å². The predicted molar refractivity (Wildman–Crippen MR) is 64.8 cm³/mol. The summed E-state index contributed by atoms with van der Waals surface area (Å²) in [6.07, 6.45) is 0.326. The van der Waals surface area contributed by atoms with Gasteiger partial charge in [0, 0.05) is 6.54 Å². The van der Waals surface area contributed by atoms with Gasteiger partial charge in [-0.2, -0.15) is 0 Å². The molecule has 0 radical (unpaired) electrons. The Hall–Kier alpha value is -1.37. The fourth-order valence-electron chi connectivity index (χ4n) is 1.97. The number of nitrogens with one attached hydrogen (secondary N) is 1. The van der Waals surface area contributed by atoms with Gasteiger partial charge in [0.05, 0.1) is 6.10 Å². The molecule has 20 heavy (non-hydrogen) atoms. The van der Waals surface area contributed by atoms with Gasteiger partial charge in [-0.05, 0) is 5.92 Å². The summed E-state index contributed by atoms with van der Waals surface area (Å²) in [5, 5.41) is 11.9. The SMILES string of the molecule is CCC(CC)C(O)CNc1c(F)c(F)c(F)c(F)c1F. The van der Waals surface area contributed by atoms with Crippen LogP contribution in [0.4, 0.5) is 27.6 Å². The molecule has 114 valence electrons. The van der Waals surface area contributed by atoms with Crippen molar-refractivity contribution in [3.63, 3.8) is 0 Å². The van der Waals surface area contributed by atoms with Crippen molar-refractivity contribution in [1.82, 2.24) is 0 Å². The van der Waals surface area contributed by atoms with Gasteiger partial charge in [0.2, 0.25) is 5.82 Å². The lowest BCUT2D eigenvalue weighted by Crippen LogP contribution is -2.28. The topological polar surface area (TPSA) is 32.3 Å². The number of hydrogen-bond acceptors (Lipinski definition) is 2. The van der Waals surface area contributed by atoms with Crippen LogP contribution in [0.2, 0.25) is 0 Å². The lowest BCUT2D eigenvalue weighted by Gasteiger charge is -2.21. The first-order valence-electron chi connectivity index (χ1n) is 6.28. The van der Waals surface area contributed by atoms with Crippen LogP contribution in [0.25, 0.3) is 0 Å². The van der Waals surface area contributed by atoms with Crippen molar-refractivity contribution < 1.29 is 27.1 Å². The third-order valence-electron chi connectivity index (χ3n) is 3.29. The Balaban J connectivity index is 2.94. The first-order valence-corrected chi connectivity index (χ1v) is 6.28. The molecule has 0 heterocycles. The summed E-state index contributed by atoms with van der Waals surface area (Å²) >= 11 is 0. The predicted octanol–water partition coefficient (Wildman–Crippen LogP) is 3.59. The lowest BCUT2D eigenvalue weighted by atomic mass is 9.96. The minimum Gasteiger partial charge on any atom is -0.391 e. The number of halogens is 5. The van der Waals surface area contributed by atoms with Crippen molar-refractivity contribution in [2.45, 2.75) is 32.8 Å². The molecule has 0 amide bonds. The zero-order valence-corrected chi connectivity index (χ0v) is 11.1. The second-order valence-electron chi connectivity index (χ2n) is 4.47. The van der Waals surface area contributed by atoms with Crippen LogP contribution in [-0.4, -0.2) is 17.8 Å². The lowest BCUT2D eigenvalue weighted by molar-refractivity contribution is 0.114. The highest BCUT2D eigenvalue weighted by Gasteiger charge is 2.26. The minimum absolute atomic E-state index is 0.122. The van der Waals surface area contributed by atoms with E-state index in [1.165, 1.54) is 0 Å². The zero-order valence-electron chi connectivity index (χ0n) is 11.1. The molecule has 2 N–H and O–H groups in total. The molecule has 2 nitrogen and oxygen atoms in total. The zero-order chi connectivity index (χ0) is 15.4. The Morgan fingerprint density at radius 1 is 0.850 bits per heavy atom. The number of aliphatic hydroxyl groups excluding tert-OH is 1. The smallest absolute Gasteiger partial charge is 0.200 e. The van der Waals surface area contributed by atoms with Crippen molar-refractivity contribution in [3.05, 3.63) is 29.1 Å². The van der Waals surface area contributed by atoms with Gasteiger partial charge in [0.15, 0.2) is 23.3 Å². The Kier molecular flexibility index (Phi) is 5.74. The van der Waals surface area contributed by atoms with Gasteiger partial charge in [-0.3, -0.25) is 0 Å². The molecule has 7 heteroatoms. The van der Waals surface area contributed by atoms with Crippen LogP contribution in [0, 0.1) is 35.0 Å². The Morgan fingerprint density at radius 2 is 1.25 bits per heavy atom. The van der Waals surface area contributed by atoms with E-state index in [4.69, 9.17) is 0 Å². The van der Waals surface area contributed by atoms with Gasteiger partial charge in [-0.15, -0.1) is 0 Å². The van der Waals surface area contributed by atoms with E-state index in [1.807, 2.05) is 13.8 Å². The average molecular weight is 297 g/mol. The Morgan fingerprint density at radius 3 is 1.65 bits per heavy atom. The fraction of sp³-hybridized carbons (Fsp3) is 0.538. The van der Waals surface area contributed by atoms with Gasteiger partial charge < -0.3 is 10.4 Å². The van der Waals surface area contributed by atoms with Crippen molar-refractivity contribution >= 4 is 5.69 Å². The molecule has 1 rings (SSSR count). The third-order valence-corrected chi connectivity index (χ3v) is 3.29. The molecule has 0 aliphatic rings. The van der Waals surface area contributed by atoms with Gasteiger partial charge in [-0.25, -0.2) is 22.0 Å². The summed E-state index contributed by atoms with van der Waals surface area (Å²) in [6.45, 7) is 3.36. The van der Waals surface area contributed by atoms with Gasteiger partial charge in [0.1, 0.15) is 5.69 Å². The molecule has 1 aromatic rings. The summed E-state index contributed by atoms with van der Waals surface area (Å²) in [6, 6.07) is 0. The highest BCUT2D eigenvalue weighted by atomic mass is 19.2. The van der Waals surface area contributed by atoms with Crippen molar-refractivity contribution in [1.29, 1.82) is 0 Å². The van der Waals surface area contributed by atoms with E-state index in [1.54, 1.807) is 0 Å². The van der Waals surface area contributed by atoms with Crippen LogP contribution < -0.4 is 5.32 Å². The average Bonchev–Trinajstić information content (AvgIpc) is 2.44. The molecule has 1 unspecified atom stereocenters. The van der Waals surface area contributed by atoms with Gasteiger partial charge >= 0.3 is 0 Å². The maximum absolute atomic E-state index is 13.4. The number of rotatable bonds is 6. The van der Waals surface area contributed by atoms with Gasteiger partial charge in [0.25, 0.3) is 0 Å². The van der Waals surface area contributed by atoms with E-state index in [0.717, 1.165) is 0 Å². The maximum Gasteiger partial charge on any atom is 0.200 e. The molecule has 0 aromatic heterocycles. The second kappa shape index (κ2) is 6.88. The molecular formula is C13H16F5NO. The van der Waals surface area contributed by atoms with Crippen molar-refractivity contribution in [2.24, 2.45) is 5.92 Å². The maximum atomic E-state index is 13.4. The quantitative estimate of drug-likeness (QED) is 0.478. The molecule has 0 spiro atoms. The first-order chi connectivity index (χ1) is 9.34. The summed E-state index contributed by atoms with van der Waals surface area (Å²) in [5.41, 5.74) is -1.12. The van der Waals surface area contributed by atoms with Crippen LogP contribution in [0.3, 0.4) is 0 Å². The van der Waals surface area contributed by atoms with Crippen molar-refractivity contribution in [3.8, 4) is 0 Å². The standard InChI is InChI=1S/C13H16F5NO/c1-3-6(4-2)7(20)5-19-13-11(17)9(15)8(14)10(16)12(13)18/h6-7,19-20H,3-5H2,1-2H3. The Bertz CT molecular complexity index is 447. The molecule has 0 bridgehead atoms. The largest absolute Gasteiger partial charge is 0.391 e. The molecule has 1 aromatic carbocycles. The van der Waals surface area contributed by atoms with Crippen molar-refractivity contribution in [2.75, 3.05) is 11.9 Å². The summed E-state index contributed by atoms with van der Waals surface area (Å²) in [7, 11) is 0. The van der Waals surface area contributed by atoms with E-state index in [-0.39, 0.29) is 12.5 Å². The number of anilines is 1. The monoisotopic (exact) mass is 297 g/mol. The minimum atomic E-state index is -2.20. The second-order valence-corrected chi connectivity index (χ2v) is 4.47. The van der Waals surface area contributed by atoms with Crippen LogP contribution >= 0.6 is 0 Å². The van der Waals surface area contributed by atoms with Gasteiger partial charge in [-0.1, -0.05) is 26.7 Å². The van der Waals surface area contributed by atoms with Crippen LogP contribution in [0.1, 0.15) is 26.7 Å². The highest BCUT2D eigenvalue weighted by molar-refractivity contribution is 5.47.